The Kier molecular flexibility index (Phi) is 4.86. The van der Waals surface area contributed by atoms with E-state index < -0.39 is 21.2 Å². The number of hydrogen-bond donors (Lipinski definition) is 2. The first kappa shape index (κ1) is 15.5. The quantitative estimate of drug-likeness (QED) is 0.739. The second-order valence-electron chi connectivity index (χ2n) is 4.45. The third-order valence-corrected chi connectivity index (χ3v) is 5.60. The second kappa shape index (κ2) is 6.27. The van der Waals surface area contributed by atoms with Crippen LogP contribution < -0.4 is 4.72 Å². The smallest absolute Gasteiger partial charge is 0.337 e. The molecule has 1 heterocycles. The molecule has 0 aliphatic carbocycles. The van der Waals surface area contributed by atoms with Gasteiger partial charge in [-0.05, 0) is 53.6 Å². The molecule has 6 nitrogen and oxygen atoms in total. The first-order chi connectivity index (χ1) is 9.40. The van der Waals surface area contributed by atoms with E-state index in [0.29, 0.717) is 26.1 Å². The molecular formula is C12H14INO5S. The van der Waals surface area contributed by atoms with Gasteiger partial charge in [0.1, 0.15) is 0 Å². The SMILES string of the molecule is O=C(O)c1cc(I)ccc1NS(=O)(=O)C1CCOCC1. The molecule has 1 aliphatic heterocycles. The summed E-state index contributed by atoms with van der Waals surface area (Å²) in [5.74, 6) is -1.16. The summed E-state index contributed by atoms with van der Waals surface area (Å²) in [7, 11) is -3.60. The predicted molar refractivity (Wildman–Crippen MR) is 82.5 cm³/mol. The van der Waals surface area contributed by atoms with Crippen LogP contribution in [-0.4, -0.2) is 38.0 Å². The first-order valence-electron chi connectivity index (χ1n) is 6.02. The van der Waals surface area contributed by atoms with Gasteiger partial charge >= 0.3 is 5.97 Å². The molecule has 8 heteroatoms. The van der Waals surface area contributed by atoms with E-state index in [0.717, 1.165) is 3.57 Å². The molecule has 0 aromatic heterocycles. The van der Waals surface area contributed by atoms with Gasteiger partial charge in [0.05, 0.1) is 16.5 Å². The maximum atomic E-state index is 12.3. The van der Waals surface area contributed by atoms with Gasteiger partial charge in [-0.1, -0.05) is 0 Å². The summed E-state index contributed by atoms with van der Waals surface area (Å²) in [4.78, 5) is 11.2. The fourth-order valence-electron chi connectivity index (χ4n) is 2.01. The lowest BCUT2D eigenvalue weighted by Crippen LogP contribution is -2.33. The average Bonchev–Trinajstić information content (AvgIpc) is 2.41. The topological polar surface area (TPSA) is 92.7 Å². The minimum atomic E-state index is -3.60. The molecule has 0 saturated carbocycles. The van der Waals surface area contributed by atoms with Crippen molar-refractivity contribution in [3.05, 3.63) is 27.3 Å². The Morgan fingerprint density at radius 3 is 2.60 bits per heavy atom. The Morgan fingerprint density at radius 1 is 1.35 bits per heavy atom. The van der Waals surface area contributed by atoms with E-state index >= 15 is 0 Å². The number of carboxylic acid groups (broad SMARTS) is 1. The Hall–Kier alpha value is -0.870. The summed E-state index contributed by atoms with van der Waals surface area (Å²) in [6, 6.07) is 4.57. The normalized spacial score (nSPS) is 16.9. The summed E-state index contributed by atoms with van der Waals surface area (Å²) < 4.78 is 32.8. The van der Waals surface area contributed by atoms with Crippen LogP contribution in [0.15, 0.2) is 18.2 Å². The molecule has 0 amide bonds. The van der Waals surface area contributed by atoms with E-state index in [9.17, 15) is 13.2 Å². The minimum Gasteiger partial charge on any atom is -0.478 e. The third-order valence-electron chi connectivity index (χ3n) is 3.07. The number of benzene rings is 1. The number of aromatic carboxylic acids is 1. The predicted octanol–water partition coefficient (Wildman–Crippen LogP) is 1.91. The van der Waals surface area contributed by atoms with Crippen molar-refractivity contribution >= 4 is 44.3 Å². The summed E-state index contributed by atoms with van der Waals surface area (Å²) in [6.07, 6.45) is 0.838. The molecule has 0 spiro atoms. The van der Waals surface area contributed by atoms with Gasteiger partial charge < -0.3 is 9.84 Å². The van der Waals surface area contributed by atoms with E-state index in [1.807, 2.05) is 22.6 Å². The maximum absolute atomic E-state index is 12.3. The van der Waals surface area contributed by atoms with Crippen molar-refractivity contribution in [3.8, 4) is 0 Å². The number of rotatable bonds is 4. The van der Waals surface area contributed by atoms with Crippen LogP contribution in [0.5, 0.6) is 0 Å². The number of sulfonamides is 1. The molecule has 0 atom stereocenters. The first-order valence-corrected chi connectivity index (χ1v) is 8.65. The van der Waals surface area contributed by atoms with E-state index in [4.69, 9.17) is 9.84 Å². The van der Waals surface area contributed by atoms with E-state index in [1.165, 1.54) is 12.1 Å². The number of anilines is 1. The van der Waals surface area contributed by atoms with Crippen LogP contribution in [0.3, 0.4) is 0 Å². The summed E-state index contributed by atoms with van der Waals surface area (Å²) in [5.41, 5.74) is 0.0527. The summed E-state index contributed by atoms with van der Waals surface area (Å²) in [6.45, 7) is 0.814. The van der Waals surface area contributed by atoms with Crippen molar-refractivity contribution < 1.29 is 23.1 Å². The molecule has 1 fully saturated rings. The zero-order chi connectivity index (χ0) is 14.8. The van der Waals surface area contributed by atoms with Crippen molar-refractivity contribution in [1.29, 1.82) is 0 Å². The lowest BCUT2D eigenvalue weighted by atomic mass is 10.2. The fraction of sp³-hybridized carbons (Fsp3) is 0.417. The highest BCUT2D eigenvalue weighted by Crippen LogP contribution is 2.23. The molecule has 2 N–H and O–H groups in total. The molecule has 2 rings (SSSR count). The van der Waals surface area contributed by atoms with Gasteiger partial charge in [0, 0.05) is 16.8 Å². The molecule has 110 valence electrons. The van der Waals surface area contributed by atoms with Crippen LogP contribution in [0, 0.1) is 3.57 Å². The molecule has 0 radical (unpaired) electrons. The standard InChI is InChI=1S/C12H14INO5S/c13-8-1-2-11(10(7-8)12(15)16)14-20(17,18)9-3-5-19-6-4-9/h1-2,7,9,14H,3-6H2,(H,15,16). The van der Waals surface area contributed by atoms with Crippen LogP contribution in [0.2, 0.25) is 0 Å². The van der Waals surface area contributed by atoms with Crippen LogP contribution in [0.25, 0.3) is 0 Å². The van der Waals surface area contributed by atoms with E-state index in [1.54, 1.807) is 6.07 Å². The van der Waals surface area contributed by atoms with Gasteiger partial charge in [-0.15, -0.1) is 0 Å². The average molecular weight is 411 g/mol. The monoisotopic (exact) mass is 411 g/mol. The van der Waals surface area contributed by atoms with Gasteiger partial charge in [-0.25, -0.2) is 13.2 Å². The van der Waals surface area contributed by atoms with Crippen molar-refractivity contribution in [1.82, 2.24) is 0 Å². The lowest BCUT2D eigenvalue weighted by Gasteiger charge is -2.23. The lowest BCUT2D eigenvalue weighted by molar-refractivity contribution is 0.0698. The molecule has 0 bridgehead atoms. The zero-order valence-corrected chi connectivity index (χ0v) is 13.5. The van der Waals surface area contributed by atoms with Crippen molar-refractivity contribution in [2.45, 2.75) is 18.1 Å². The highest BCUT2D eigenvalue weighted by molar-refractivity contribution is 14.1. The zero-order valence-electron chi connectivity index (χ0n) is 10.5. The molecule has 1 aromatic rings. The molecule has 1 saturated heterocycles. The Morgan fingerprint density at radius 2 is 2.00 bits per heavy atom. The number of nitrogens with one attached hydrogen (secondary N) is 1. The summed E-state index contributed by atoms with van der Waals surface area (Å²) >= 11 is 1.98. The van der Waals surface area contributed by atoms with Crippen LogP contribution >= 0.6 is 22.6 Å². The highest BCUT2D eigenvalue weighted by Gasteiger charge is 2.28. The molecule has 1 aromatic carbocycles. The van der Waals surface area contributed by atoms with Crippen LogP contribution in [0.4, 0.5) is 5.69 Å². The number of ether oxygens (including phenoxy) is 1. The minimum absolute atomic E-state index is 0.0486. The van der Waals surface area contributed by atoms with Crippen molar-refractivity contribution in [2.75, 3.05) is 17.9 Å². The van der Waals surface area contributed by atoms with Crippen molar-refractivity contribution in [3.63, 3.8) is 0 Å². The number of halogens is 1. The van der Waals surface area contributed by atoms with Crippen LogP contribution in [0.1, 0.15) is 23.2 Å². The fourth-order valence-corrected chi connectivity index (χ4v) is 3.96. The maximum Gasteiger partial charge on any atom is 0.337 e. The third kappa shape index (κ3) is 3.61. The number of carboxylic acids is 1. The van der Waals surface area contributed by atoms with Crippen LogP contribution in [-0.2, 0) is 14.8 Å². The second-order valence-corrected chi connectivity index (χ2v) is 7.66. The van der Waals surface area contributed by atoms with Crippen molar-refractivity contribution in [2.24, 2.45) is 0 Å². The number of carbonyl (C=O) groups is 1. The van der Waals surface area contributed by atoms with Gasteiger partial charge in [-0.2, -0.15) is 0 Å². The largest absolute Gasteiger partial charge is 0.478 e. The van der Waals surface area contributed by atoms with Gasteiger partial charge in [0.25, 0.3) is 0 Å². The Labute approximate surface area is 130 Å². The van der Waals surface area contributed by atoms with Gasteiger partial charge in [0.2, 0.25) is 10.0 Å². The van der Waals surface area contributed by atoms with Gasteiger partial charge in [0.15, 0.2) is 0 Å². The highest BCUT2D eigenvalue weighted by atomic mass is 127. The Balaban J connectivity index is 2.27. The van der Waals surface area contributed by atoms with E-state index in [2.05, 4.69) is 4.72 Å². The molecule has 0 unspecified atom stereocenters. The van der Waals surface area contributed by atoms with Gasteiger partial charge in [-0.3, -0.25) is 4.72 Å². The van der Waals surface area contributed by atoms with E-state index in [-0.39, 0.29) is 11.3 Å². The Bertz CT molecular complexity index is 610. The summed E-state index contributed by atoms with van der Waals surface area (Å²) in [5, 5.41) is 8.59. The number of hydrogen-bond acceptors (Lipinski definition) is 4. The molecular weight excluding hydrogens is 397 g/mol. The molecule has 1 aliphatic rings. The molecule has 20 heavy (non-hydrogen) atoms.